The second kappa shape index (κ2) is 13.4. The van der Waals surface area contributed by atoms with Crippen molar-refractivity contribution in [2.24, 2.45) is 11.0 Å². The van der Waals surface area contributed by atoms with Crippen LogP contribution < -0.4 is 11.0 Å². The Morgan fingerprint density at radius 2 is 1.73 bits per heavy atom. The number of carbonyl (C=O) groups is 3. The number of hydrogen-bond acceptors (Lipinski definition) is 10. The van der Waals surface area contributed by atoms with Gasteiger partial charge in [-0.15, -0.1) is 0 Å². The topological polar surface area (TPSA) is 115 Å². The van der Waals surface area contributed by atoms with E-state index in [0.29, 0.717) is 6.61 Å². The summed E-state index contributed by atoms with van der Waals surface area (Å²) < 4.78 is 13.7. The van der Waals surface area contributed by atoms with Crippen LogP contribution in [0.4, 0.5) is 0 Å². The number of hydrogen-bond donors (Lipinski definition) is 2. The Morgan fingerprint density at radius 1 is 1.15 bits per heavy atom. The number of esters is 3. The number of thioether (sulfide) groups is 1. The molecule has 0 radical (unpaired) electrons. The molecule has 0 bridgehead atoms. The lowest BCUT2D eigenvalue weighted by atomic mass is 10.2. The fraction of sp³-hybridized carbons (Fsp3) is 0.750. The zero-order valence-electron chi connectivity index (χ0n) is 16.2. The maximum Gasteiger partial charge on any atom is 0.319 e. The van der Waals surface area contributed by atoms with Crippen LogP contribution in [0.1, 0.15) is 40.5 Å². The standard InChI is InChI=1S/C10H19N3O2S.C6H10O4/c1-4-6-15-10(14)8(5-2)16-9-7(3)11-13-12-9;1-4(5(7)9-2)6(8)10-3/h7-8,11,13H,4-6H2,1-3H3;4H,1-3H3. The Bertz CT molecular complexity index is 484. The van der Waals surface area contributed by atoms with Crippen LogP contribution in [0.3, 0.4) is 0 Å². The van der Waals surface area contributed by atoms with E-state index in [-0.39, 0.29) is 17.3 Å². The third kappa shape index (κ3) is 8.52. The molecule has 0 aliphatic carbocycles. The minimum Gasteiger partial charge on any atom is -0.468 e. The molecule has 150 valence electrons. The molecule has 0 aromatic rings. The summed E-state index contributed by atoms with van der Waals surface area (Å²) in [4.78, 5) is 32.9. The lowest BCUT2D eigenvalue weighted by molar-refractivity contribution is -0.157. The molecule has 26 heavy (non-hydrogen) atoms. The van der Waals surface area contributed by atoms with Crippen LogP contribution in [-0.4, -0.2) is 55.1 Å². The summed E-state index contributed by atoms with van der Waals surface area (Å²) in [5, 5.41) is 4.82. The van der Waals surface area contributed by atoms with E-state index in [1.165, 1.54) is 32.9 Å². The molecule has 1 heterocycles. The highest BCUT2D eigenvalue weighted by atomic mass is 32.2. The first-order valence-corrected chi connectivity index (χ1v) is 9.27. The molecule has 0 saturated heterocycles. The number of methoxy groups -OCH3 is 2. The predicted octanol–water partition coefficient (Wildman–Crippen LogP) is 1.23. The molecule has 9 nitrogen and oxygen atoms in total. The van der Waals surface area contributed by atoms with Crippen molar-refractivity contribution in [2.75, 3.05) is 20.8 Å². The number of nitrogens with zero attached hydrogens (tertiary/aromatic N) is 1. The van der Waals surface area contributed by atoms with Crippen LogP contribution in [0.15, 0.2) is 5.10 Å². The number of nitrogens with one attached hydrogen (secondary N) is 2. The normalized spacial score (nSPS) is 16.6. The van der Waals surface area contributed by atoms with Gasteiger partial charge in [0.1, 0.15) is 10.3 Å². The van der Waals surface area contributed by atoms with Gasteiger partial charge in [0, 0.05) is 0 Å². The van der Waals surface area contributed by atoms with Crippen LogP contribution >= 0.6 is 11.8 Å². The molecular formula is C16H29N3O6S. The minimum absolute atomic E-state index is 0.142. The van der Waals surface area contributed by atoms with E-state index in [9.17, 15) is 14.4 Å². The fourth-order valence-electron chi connectivity index (χ4n) is 1.66. The van der Waals surface area contributed by atoms with Gasteiger partial charge in [0.15, 0.2) is 5.92 Å². The largest absolute Gasteiger partial charge is 0.468 e. The van der Waals surface area contributed by atoms with Gasteiger partial charge in [-0.05, 0) is 26.7 Å². The monoisotopic (exact) mass is 391 g/mol. The molecule has 0 saturated carbocycles. The van der Waals surface area contributed by atoms with Crippen LogP contribution in [-0.2, 0) is 28.6 Å². The lowest BCUT2D eigenvalue weighted by Gasteiger charge is -2.14. The van der Waals surface area contributed by atoms with Gasteiger partial charge in [0.05, 0.1) is 26.9 Å². The highest BCUT2D eigenvalue weighted by Crippen LogP contribution is 2.21. The first kappa shape index (κ1) is 24.2. The molecule has 2 atom stereocenters. The quantitative estimate of drug-likeness (QED) is 0.375. The molecule has 2 N–H and O–H groups in total. The molecule has 0 spiro atoms. The Balaban J connectivity index is 0.000000541. The Kier molecular flexibility index (Phi) is 12.5. The molecule has 0 aromatic carbocycles. The SMILES string of the molecule is CCCOC(=O)C(CC)SC1=NNNC1C.COC(=O)C(C)C(=O)OC. The number of ether oxygens (including phenoxy) is 3. The third-order valence-corrected chi connectivity index (χ3v) is 4.77. The van der Waals surface area contributed by atoms with Crippen molar-refractivity contribution in [1.82, 2.24) is 11.0 Å². The Labute approximate surface area is 158 Å². The van der Waals surface area contributed by atoms with Crippen LogP contribution in [0.5, 0.6) is 0 Å². The van der Waals surface area contributed by atoms with E-state index in [0.717, 1.165) is 17.9 Å². The van der Waals surface area contributed by atoms with E-state index in [2.05, 4.69) is 25.5 Å². The van der Waals surface area contributed by atoms with Gasteiger partial charge >= 0.3 is 17.9 Å². The summed E-state index contributed by atoms with van der Waals surface area (Å²) in [5.41, 5.74) is 5.65. The average molecular weight is 391 g/mol. The van der Waals surface area contributed by atoms with Gasteiger partial charge in [-0.25, -0.2) is 11.0 Å². The average Bonchev–Trinajstić information content (AvgIpc) is 3.07. The summed E-state index contributed by atoms with van der Waals surface area (Å²) in [7, 11) is 2.45. The van der Waals surface area contributed by atoms with Crippen LogP contribution in [0.2, 0.25) is 0 Å². The van der Waals surface area contributed by atoms with E-state index >= 15 is 0 Å². The van der Waals surface area contributed by atoms with E-state index < -0.39 is 17.9 Å². The molecule has 1 rings (SSSR count). The van der Waals surface area contributed by atoms with Crippen molar-refractivity contribution in [1.29, 1.82) is 0 Å². The van der Waals surface area contributed by atoms with Crippen LogP contribution in [0.25, 0.3) is 0 Å². The molecular weight excluding hydrogens is 362 g/mol. The van der Waals surface area contributed by atoms with Gasteiger partial charge < -0.3 is 14.2 Å². The zero-order valence-corrected chi connectivity index (χ0v) is 17.0. The van der Waals surface area contributed by atoms with Gasteiger partial charge in [-0.3, -0.25) is 14.4 Å². The van der Waals surface area contributed by atoms with Gasteiger partial charge in [-0.2, -0.15) is 5.10 Å². The van der Waals surface area contributed by atoms with Crippen molar-refractivity contribution in [3.63, 3.8) is 0 Å². The molecule has 10 heteroatoms. The summed E-state index contributed by atoms with van der Waals surface area (Å²) in [5.74, 6) is -2.12. The fourth-order valence-corrected chi connectivity index (χ4v) is 2.64. The molecule has 2 unspecified atom stereocenters. The first-order valence-electron chi connectivity index (χ1n) is 8.39. The van der Waals surface area contributed by atoms with E-state index in [1.807, 2.05) is 20.8 Å². The van der Waals surface area contributed by atoms with E-state index in [4.69, 9.17) is 4.74 Å². The minimum atomic E-state index is -0.824. The van der Waals surface area contributed by atoms with Crippen molar-refractivity contribution in [3.8, 4) is 0 Å². The van der Waals surface area contributed by atoms with Gasteiger partial charge in [0.25, 0.3) is 0 Å². The second-order valence-electron chi connectivity index (χ2n) is 5.38. The maximum absolute atomic E-state index is 11.7. The third-order valence-electron chi connectivity index (χ3n) is 3.27. The molecule has 0 fully saturated rings. The number of carbonyl (C=O) groups excluding carboxylic acids is 3. The van der Waals surface area contributed by atoms with Crippen LogP contribution in [0, 0.1) is 5.92 Å². The number of rotatable bonds is 7. The number of hydrazine groups is 1. The molecule has 0 amide bonds. The lowest BCUT2D eigenvalue weighted by Crippen LogP contribution is -2.32. The molecule has 1 aliphatic rings. The first-order chi connectivity index (χ1) is 12.3. The van der Waals surface area contributed by atoms with Gasteiger partial charge in [0.2, 0.25) is 0 Å². The van der Waals surface area contributed by atoms with Crippen molar-refractivity contribution in [2.45, 2.75) is 51.8 Å². The predicted molar refractivity (Wildman–Crippen MR) is 99.3 cm³/mol. The highest BCUT2D eigenvalue weighted by Gasteiger charge is 2.26. The summed E-state index contributed by atoms with van der Waals surface area (Å²) in [6, 6.07) is 0.151. The summed E-state index contributed by atoms with van der Waals surface area (Å²) in [6.07, 6.45) is 1.60. The van der Waals surface area contributed by atoms with Gasteiger partial charge in [-0.1, -0.05) is 25.6 Å². The highest BCUT2D eigenvalue weighted by molar-refractivity contribution is 8.15. The maximum atomic E-state index is 11.7. The van der Waals surface area contributed by atoms with Crippen molar-refractivity contribution < 1.29 is 28.6 Å². The Hall–Kier alpha value is -1.81. The van der Waals surface area contributed by atoms with Crippen molar-refractivity contribution in [3.05, 3.63) is 0 Å². The molecule has 1 aliphatic heterocycles. The Morgan fingerprint density at radius 3 is 2.12 bits per heavy atom. The molecule has 0 aromatic heterocycles. The second-order valence-corrected chi connectivity index (χ2v) is 6.60. The number of hydrazone groups is 1. The smallest absolute Gasteiger partial charge is 0.319 e. The van der Waals surface area contributed by atoms with E-state index in [1.54, 1.807) is 0 Å². The summed E-state index contributed by atoms with van der Waals surface area (Å²) in [6.45, 7) is 7.88. The van der Waals surface area contributed by atoms with Crippen molar-refractivity contribution >= 4 is 34.7 Å². The summed E-state index contributed by atoms with van der Waals surface area (Å²) >= 11 is 1.47. The zero-order chi connectivity index (χ0) is 20.1.